The summed E-state index contributed by atoms with van der Waals surface area (Å²) in [7, 11) is -3.72. The molecule has 0 fully saturated rings. The molecule has 0 saturated carbocycles. The van der Waals surface area contributed by atoms with Gasteiger partial charge >= 0.3 is 0 Å². The fraction of sp³-hybridized carbons (Fsp3) is 0.438. The van der Waals surface area contributed by atoms with Gasteiger partial charge in [-0.1, -0.05) is 24.2 Å². The third-order valence-electron chi connectivity index (χ3n) is 3.80. The highest BCUT2D eigenvalue weighted by atomic mass is 32.2. The predicted octanol–water partition coefficient (Wildman–Crippen LogP) is 3.57. The summed E-state index contributed by atoms with van der Waals surface area (Å²) >= 11 is 1.16. The number of rotatable bonds is 6. The second-order valence-corrected chi connectivity index (χ2v) is 9.33. The zero-order chi connectivity index (χ0) is 19.1. The van der Waals surface area contributed by atoms with Crippen molar-refractivity contribution < 1.29 is 17.5 Å². The number of sulfonamides is 1. The van der Waals surface area contributed by atoms with Crippen LogP contribution < -0.4 is 4.72 Å². The maximum Gasteiger partial charge on any atom is 0.250 e. The molecular formula is C16H20N4O4S2. The van der Waals surface area contributed by atoms with Crippen LogP contribution in [0.5, 0.6) is 0 Å². The number of hydrogen-bond acceptors (Lipinski definition) is 8. The Hall–Kier alpha value is -2.04. The van der Waals surface area contributed by atoms with Crippen LogP contribution >= 0.6 is 11.3 Å². The van der Waals surface area contributed by atoms with Crippen LogP contribution in [0.1, 0.15) is 55.9 Å². The smallest absolute Gasteiger partial charge is 0.250 e. The molecule has 0 radical (unpaired) electrons. The second-order valence-electron chi connectivity index (χ2n) is 6.31. The number of nitrogens with one attached hydrogen (secondary N) is 1. The standard InChI is InChI=1S/C16H20N4O4S2/c1-8(2)15-17-16(24-19-15)10(4)20-26(21,22)13-7-6-12(25-13)14-9(3)18-23-11(14)5/h6-8,10,20H,1-5H3. The topological polar surface area (TPSA) is 111 Å². The number of nitrogens with zero attached hydrogens (tertiary/aromatic N) is 3. The van der Waals surface area contributed by atoms with Crippen LogP contribution in [-0.2, 0) is 10.0 Å². The van der Waals surface area contributed by atoms with E-state index in [2.05, 4.69) is 20.0 Å². The highest BCUT2D eigenvalue weighted by molar-refractivity contribution is 7.91. The van der Waals surface area contributed by atoms with Crippen LogP contribution in [0.3, 0.4) is 0 Å². The summed E-state index contributed by atoms with van der Waals surface area (Å²) in [5.41, 5.74) is 1.55. The lowest BCUT2D eigenvalue weighted by molar-refractivity contribution is 0.348. The fourth-order valence-electron chi connectivity index (χ4n) is 2.43. The molecule has 0 saturated heterocycles. The van der Waals surface area contributed by atoms with E-state index in [1.165, 1.54) is 0 Å². The molecule has 0 aliphatic rings. The van der Waals surface area contributed by atoms with Gasteiger partial charge in [-0.3, -0.25) is 0 Å². The molecule has 0 aliphatic heterocycles. The normalized spacial score (nSPS) is 13.5. The van der Waals surface area contributed by atoms with Gasteiger partial charge in [0.15, 0.2) is 5.82 Å². The van der Waals surface area contributed by atoms with E-state index in [1.807, 2.05) is 20.8 Å². The minimum Gasteiger partial charge on any atom is -0.361 e. The molecule has 0 aliphatic carbocycles. The van der Waals surface area contributed by atoms with E-state index in [0.29, 0.717) is 11.6 Å². The first-order chi connectivity index (χ1) is 12.2. The summed E-state index contributed by atoms with van der Waals surface area (Å²) in [6.45, 7) is 9.15. The largest absolute Gasteiger partial charge is 0.361 e. The zero-order valence-electron chi connectivity index (χ0n) is 15.1. The molecule has 8 nitrogen and oxygen atoms in total. The summed E-state index contributed by atoms with van der Waals surface area (Å²) in [6.07, 6.45) is 0. The van der Waals surface area contributed by atoms with Crippen molar-refractivity contribution in [2.24, 2.45) is 0 Å². The predicted molar refractivity (Wildman–Crippen MR) is 96.4 cm³/mol. The Bertz CT molecular complexity index is 997. The summed E-state index contributed by atoms with van der Waals surface area (Å²) in [4.78, 5) is 5.02. The van der Waals surface area contributed by atoms with Crippen LogP contribution in [-0.4, -0.2) is 23.7 Å². The monoisotopic (exact) mass is 396 g/mol. The van der Waals surface area contributed by atoms with Crippen LogP contribution in [0.4, 0.5) is 0 Å². The van der Waals surface area contributed by atoms with Crippen molar-refractivity contribution in [2.45, 2.75) is 50.8 Å². The van der Waals surface area contributed by atoms with E-state index in [0.717, 1.165) is 27.5 Å². The number of aromatic nitrogens is 3. The highest BCUT2D eigenvalue weighted by Crippen LogP contribution is 2.35. The Morgan fingerprint density at radius 3 is 2.42 bits per heavy atom. The molecule has 0 amide bonds. The van der Waals surface area contributed by atoms with Gasteiger partial charge in [-0.2, -0.15) is 9.71 Å². The average molecular weight is 396 g/mol. The van der Waals surface area contributed by atoms with Crippen molar-refractivity contribution >= 4 is 21.4 Å². The Kier molecular flexibility index (Phi) is 5.00. The number of thiophene rings is 1. The Morgan fingerprint density at radius 2 is 1.85 bits per heavy atom. The van der Waals surface area contributed by atoms with Gasteiger partial charge < -0.3 is 9.05 Å². The van der Waals surface area contributed by atoms with E-state index in [1.54, 1.807) is 26.0 Å². The molecular weight excluding hydrogens is 376 g/mol. The summed E-state index contributed by atoms with van der Waals surface area (Å²) in [6, 6.07) is 2.68. The second kappa shape index (κ2) is 6.93. The number of aryl methyl sites for hydroxylation is 2. The van der Waals surface area contributed by atoms with Crippen molar-refractivity contribution in [3.05, 3.63) is 35.3 Å². The van der Waals surface area contributed by atoms with Gasteiger partial charge in [0, 0.05) is 10.8 Å². The third kappa shape index (κ3) is 3.57. The quantitative estimate of drug-likeness (QED) is 0.678. The van der Waals surface area contributed by atoms with Gasteiger partial charge in [0.05, 0.1) is 17.3 Å². The van der Waals surface area contributed by atoms with Gasteiger partial charge in [0.25, 0.3) is 10.0 Å². The minimum atomic E-state index is -3.72. The number of hydrogen-bond donors (Lipinski definition) is 1. The summed E-state index contributed by atoms with van der Waals surface area (Å²) in [5, 5.41) is 7.77. The van der Waals surface area contributed by atoms with Crippen LogP contribution in [0.15, 0.2) is 25.4 Å². The molecule has 0 aromatic carbocycles. The Morgan fingerprint density at radius 1 is 1.12 bits per heavy atom. The van der Waals surface area contributed by atoms with Crippen molar-refractivity contribution in [1.82, 2.24) is 20.0 Å². The molecule has 10 heteroatoms. The van der Waals surface area contributed by atoms with E-state index < -0.39 is 16.1 Å². The molecule has 3 aromatic rings. The lowest BCUT2D eigenvalue weighted by Gasteiger charge is -2.08. The van der Waals surface area contributed by atoms with Crippen molar-refractivity contribution in [2.75, 3.05) is 0 Å². The molecule has 3 rings (SSSR count). The first kappa shape index (κ1) is 18.7. The van der Waals surface area contributed by atoms with Crippen molar-refractivity contribution in [1.29, 1.82) is 0 Å². The van der Waals surface area contributed by atoms with E-state index in [9.17, 15) is 8.42 Å². The molecule has 1 unspecified atom stereocenters. The van der Waals surface area contributed by atoms with Crippen LogP contribution in [0.2, 0.25) is 0 Å². The van der Waals surface area contributed by atoms with Gasteiger partial charge in [0.1, 0.15) is 9.97 Å². The van der Waals surface area contributed by atoms with Crippen molar-refractivity contribution in [3.8, 4) is 10.4 Å². The maximum absolute atomic E-state index is 12.7. The first-order valence-corrected chi connectivity index (χ1v) is 10.4. The first-order valence-electron chi connectivity index (χ1n) is 8.08. The molecule has 0 bridgehead atoms. The van der Waals surface area contributed by atoms with Gasteiger partial charge in [-0.25, -0.2) is 8.42 Å². The fourth-order valence-corrected chi connectivity index (χ4v) is 5.10. The van der Waals surface area contributed by atoms with E-state index in [-0.39, 0.29) is 16.0 Å². The van der Waals surface area contributed by atoms with E-state index in [4.69, 9.17) is 9.05 Å². The minimum absolute atomic E-state index is 0.103. The third-order valence-corrected chi connectivity index (χ3v) is 6.94. The van der Waals surface area contributed by atoms with Gasteiger partial charge in [0.2, 0.25) is 5.89 Å². The molecule has 140 valence electrons. The Labute approximate surface area is 155 Å². The Balaban J connectivity index is 1.82. The molecule has 26 heavy (non-hydrogen) atoms. The van der Waals surface area contributed by atoms with Gasteiger partial charge in [-0.05, 0) is 32.9 Å². The van der Waals surface area contributed by atoms with Gasteiger partial charge in [-0.15, -0.1) is 11.3 Å². The SMILES string of the molecule is Cc1noc(C)c1-c1ccc(S(=O)(=O)NC(C)c2nc(C(C)C)no2)s1. The highest BCUT2D eigenvalue weighted by Gasteiger charge is 2.25. The molecule has 1 atom stereocenters. The maximum atomic E-state index is 12.7. The molecule has 0 spiro atoms. The molecule has 1 N–H and O–H groups in total. The zero-order valence-corrected chi connectivity index (χ0v) is 16.7. The van der Waals surface area contributed by atoms with Crippen LogP contribution in [0.25, 0.3) is 10.4 Å². The molecule has 3 aromatic heterocycles. The lowest BCUT2D eigenvalue weighted by Crippen LogP contribution is -2.26. The summed E-state index contributed by atoms with van der Waals surface area (Å²) in [5.74, 6) is 1.54. The lowest BCUT2D eigenvalue weighted by atomic mass is 10.2. The molecule has 3 heterocycles. The van der Waals surface area contributed by atoms with E-state index >= 15 is 0 Å². The van der Waals surface area contributed by atoms with Crippen molar-refractivity contribution in [3.63, 3.8) is 0 Å². The average Bonchev–Trinajstić information content (AvgIpc) is 3.26. The summed E-state index contributed by atoms with van der Waals surface area (Å²) < 4.78 is 38.4. The van der Waals surface area contributed by atoms with Crippen LogP contribution in [0, 0.1) is 13.8 Å².